The Morgan fingerprint density at radius 1 is 1.11 bits per heavy atom. The highest BCUT2D eigenvalue weighted by atomic mass is 32.1. The number of thiophene rings is 1. The highest BCUT2D eigenvalue weighted by Crippen LogP contribution is 2.36. The van der Waals surface area contributed by atoms with Crippen LogP contribution in [0.5, 0.6) is 5.75 Å². The van der Waals surface area contributed by atoms with Gasteiger partial charge in [-0.25, -0.2) is 4.79 Å². The predicted molar refractivity (Wildman–Crippen MR) is 143 cm³/mol. The Morgan fingerprint density at radius 3 is 2.53 bits per heavy atom. The lowest BCUT2D eigenvalue weighted by atomic mass is 10.1. The van der Waals surface area contributed by atoms with Gasteiger partial charge in [-0.3, -0.25) is 14.4 Å². The minimum Gasteiger partial charge on any atom is -0.495 e. The van der Waals surface area contributed by atoms with Gasteiger partial charge >= 0.3 is 11.9 Å². The molecule has 1 N–H and O–H groups in total. The second kappa shape index (κ2) is 11.9. The summed E-state index contributed by atoms with van der Waals surface area (Å²) in [6, 6.07) is 18.1. The maximum atomic E-state index is 12.9. The van der Waals surface area contributed by atoms with E-state index in [0.29, 0.717) is 16.4 Å². The van der Waals surface area contributed by atoms with E-state index < -0.39 is 29.9 Å². The molecule has 9 nitrogen and oxygen atoms in total. The second-order valence-electron chi connectivity index (χ2n) is 8.59. The first kappa shape index (κ1) is 26.9. The normalized spacial score (nSPS) is 15.6. The number of benzene rings is 2. The van der Waals surface area contributed by atoms with Crippen molar-refractivity contribution in [3.05, 3.63) is 66.2 Å². The molecular formula is C28H28N2O7S. The molecule has 2 amide bonds. The van der Waals surface area contributed by atoms with E-state index in [2.05, 4.69) is 5.32 Å². The molecule has 198 valence electrons. The summed E-state index contributed by atoms with van der Waals surface area (Å²) in [5, 5.41) is 3.00. The first-order valence-corrected chi connectivity index (χ1v) is 12.9. The molecule has 0 spiro atoms. The number of nitrogens with one attached hydrogen (secondary N) is 1. The number of carbonyl (C=O) groups is 4. The van der Waals surface area contributed by atoms with E-state index in [1.54, 1.807) is 37.3 Å². The van der Waals surface area contributed by atoms with Crippen LogP contribution in [0.15, 0.2) is 60.7 Å². The van der Waals surface area contributed by atoms with Gasteiger partial charge in [0.15, 0.2) is 6.10 Å². The number of methoxy groups -OCH3 is 1. The molecule has 10 heteroatoms. The summed E-state index contributed by atoms with van der Waals surface area (Å²) in [7, 11) is 1.51. The number of ether oxygens (including phenoxy) is 3. The van der Waals surface area contributed by atoms with Crippen molar-refractivity contribution in [3.63, 3.8) is 0 Å². The fourth-order valence-corrected chi connectivity index (χ4v) is 5.13. The van der Waals surface area contributed by atoms with Crippen molar-refractivity contribution >= 4 is 45.8 Å². The lowest BCUT2D eigenvalue weighted by Gasteiger charge is -2.19. The minimum atomic E-state index is -1.16. The summed E-state index contributed by atoms with van der Waals surface area (Å²) in [5.41, 5.74) is 1.67. The van der Waals surface area contributed by atoms with E-state index in [9.17, 15) is 19.2 Å². The lowest BCUT2D eigenvalue weighted by molar-refractivity contribution is -0.157. The van der Waals surface area contributed by atoms with Crippen LogP contribution in [0, 0.1) is 5.92 Å². The van der Waals surface area contributed by atoms with E-state index in [4.69, 9.17) is 14.2 Å². The van der Waals surface area contributed by atoms with Crippen molar-refractivity contribution in [3.8, 4) is 16.2 Å². The van der Waals surface area contributed by atoms with E-state index >= 15 is 0 Å². The van der Waals surface area contributed by atoms with Crippen LogP contribution < -0.4 is 15.0 Å². The third kappa shape index (κ3) is 5.86. The van der Waals surface area contributed by atoms with Crippen LogP contribution >= 0.6 is 11.3 Å². The zero-order chi connectivity index (χ0) is 27.2. The Morgan fingerprint density at radius 2 is 1.82 bits per heavy atom. The average Bonchev–Trinajstić information content (AvgIpc) is 3.53. The molecule has 1 aliphatic rings. The Bertz CT molecular complexity index is 1340. The van der Waals surface area contributed by atoms with Crippen molar-refractivity contribution in [1.82, 2.24) is 0 Å². The molecule has 2 atom stereocenters. The lowest BCUT2D eigenvalue weighted by Crippen LogP contribution is -2.33. The molecule has 2 aromatic carbocycles. The zero-order valence-electron chi connectivity index (χ0n) is 21.3. The van der Waals surface area contributed by atoms with Crippen molar-refractivity contribution in [1.29, 1.82) is 0 Å². The quantitative estimate of drug-likeness (QED) is 0.400. The molecule has 1 fully saturated rings. The minimum absolute atomic E-state index is 0.0381. The van der Waals surface area contributed by atoms with Gasteiger partial charge in [0.05, 0.1) is 30.9 Å². The van der Waals surface area contributed by atoms with Gasteiger partial charge in [-0.15, -0.1) is 11.3 Å². The highest BCUT2D eigenvalue weighted by Gasteiger charge is 2.38. The number of esters is 2. The van der Waals surface area contributed by atoms with Crippen LogP contribution in [-0.4, -0.2) is 50.1 Å². The summed E-state index contributed by atoms with van der Waals surface area (Å²) < 4.78 is 15.9. The van der Waals surface area contributed by atoms with Gasteiger partial charge in [-0.05, 0) is 37.6 Å². The molecule has 0 unspecified atom stereocenters. The van der Waals surface area contributed by atoms with Crippen LogP contribution in [0.1, 0.15) is 30.6 Å². The maximum absolute atomic E-state index is 12.9. The molecule has 38 heavy (non-hydrogen) atoms. The van der Waals surface area contributed by atoms with Crippen molar-refractivity contribution in [2.45, 2.75) is 26.4 Å². The molecule has 0 aliphatic carbocycles. The van der Waals surface area contributed by atoms with Crippen LogP contribution in [0.4, 0.5) is 10.7 Å². The summed E-state index contributed by atoms with van der Waals surface area (Å²) in [5.74, 6) is -2.27. The highest BCUT2D eigenvalue weighted by molar-refractivity contribution is 7.20. The van der Waals surface area contributed by atoms with Crippen molar-refractivity contribution in [2.75, 3.05) is 30.5 Å². The predicted octanol–water partition coefficient (Wildman–Crippen LogP) is 4.52. The molecule has 0 saturated carbocycles. The van der Waals surface area contributed by atoms with E-state index in [0.717, 1.165) is 10.4 Å². The first-order valence-electron chi connectivity index (χ1n) is 12.1. The van der Waals surface area contributed by atoms with Gasteiger partial charge in [0.25, 0.3) is 5.91 Å². The summed E-state index contributed by atoms with van der Waals surface area (Å²) in [6.45, 7) is 3.44. The Kier molecular flexibility index (Phi) is 8.42. The topological polar surface area (TPSA) is 111 Å². The largest absolute Gasteiger partial charge is 0.495 e. The molecular weight excluding hydrogens is 508 g/mol. The molecule has 1 aromatic heterocycles. The standard InChI is InChI=1S/C28H28N2O7S/c1-4-36-28(34)20-15-23(18-10-6-5-7-11-18)38-26(20)29-25(32)17(2)37-27(33)19-14-24(31)30(16-19)21-12-8-9-13-22(21)35-3/h5-13,15,17,19H,4,14,16H2,1-3H3,(H,29,32)/t17-,19+/m0/s1. The first-order chi connectivity index (χ1) is 18.3. The van der Waals surface area contributed by atoms with Crippen LogP contribution in [-0.2, 0) is 23.9 Å². The van der Waals surface area contributed by atoms with Gasteiger partial charge < -0.3 is 24.4 Å². The Hall–Kier alpha value is -4.18. The molecule has 4 rings (SSSR count). The van der Waals surface area contributed by atoms with Gasteiger partial charge in [-0.2, -0.15) is 0 Å². The number of carbonyl (C=O) groups excluding carboxylic acids is 4. The zero-order valence-corrected chi connectivity index (χ0v) is 22.1. The fraction of sp³-hybridized carbons (Fsp3) is 0.286. The Labute approximate surface area is 224 Å². The molecule has 0 bridgehead atoms. The number of hydrogen-bond donors (Lipinski definition) is 1. The van der Waals surface area contributed by atoms with Crippen LogP contribution in [0.25, 0.3) is 10.4 Å². The molecule has 1 saturated heterocycles. The average molecular weight is 537 g/mol. The number of anilines is 2. The number of para-hydroxylation sites is 2. The third-order valence-electron chi connectivity index (χ3n) is 6.02. The van der Waals surface area contributed by atoms with E-state index in [1.165, 1.54) is 30.3 Å². The van der Waals surface area contributed by atoms with Gasteiger partial charge in [-0.1, -0.05) is 42.5 Å². The summed E-state index contributed by atoms with van der Waals surface area (Å²) >= 11 is 1.22. The van der Waals surface area contributed by atoms with Crippen molar-refractivity contribution < 1.29 is 33.4 Å². The molecule has 0 radical (unpaired) electrons. The van der Waals surface area contributed by atoms with Gasteiger partial charge in [0.1, 0.15) is 10.8 Å². The van der Waals surface area contributed by atoms with E-state index in [1.807, 2.05) is 30.3 Å². The van der Waals surface area contributed by atoms with Crippen LogP contribution in [0.3, 0.4) is 0 Å². The summed E-state index contributed by atoms with van der Waals surface area (Å²) in [6.07, 6.45) is -1.20. The van der Waals surface area contributed by atoms with Gasteiger partial charge in [0, 0.05) is 17.8 Å². The summed E-state index contributed by atoms with van der Waals surface area (Å²) in [4.78, 5) is 53.2. The maximum Gasteiger partial charge on any atom is 0.341 e. The number of amides is 2. The van der Waals surface area contributed by atoms with Crippen LogP contribution in [0.2, 0.25) is 0 Å². The molecule has 1 aliphatic heterocycles. The second-order valence-corrected chi connectivity index (χ2v) is 9.64. The number of hydrogen-bond acceptors (Lipinski definition) is 8. The smallest absolute Gasteiger partial charge is 0.341 e. The monoisotopic (exact) mass is 536 g/mol. The Balaban J connectivity index is 1.43. The van der Waals surface area contributed by atoms with E-state index in [-0.39, 0.29) is 31.0 Å². The third-order valence-corrected chi connectivity index (χ3v) is 7.12. The van der Waals surface area contributed by atoms with Gasteiger partial charge in [0.2, 0.25) is 5.91 Å². The number of rotatable bonds is 9. The fourth-order valence-electron chi connectivity index (χ4n) is 4.08. The van der Waals surface area contributed by atoms with Crippen molar-refractivity contribution in [2.24, 2.45) is 5.92 Å². The molecule has 3 aromatic rings. The SMILES string of the molecule is CCOC(=O)c1cc(-c2ccccc2)sc1NC(=O)[C@H](C)OC(=O)[C@@H]1CC(=O)N(c2ccccc2OC)C1. The molecule has 2 heterocycles. The number of nitrogens with zero attached hydrogens (tertiary/aromatic N) is 1.